The highest BCUT2D eigenvalue weighted by Crippen LogP contribution is 2.18. The van der Waals surface area contributed by atoms with E-state index in [0.29, 0.717) is 19.6 Å². The molecule has 0 aromatic heterocycles. The van der Waals surface area contributed by atoms with Crippen molar-refractivity contribution >= 4 is 17.9 Å². The van der Waals surface area contributed by atoms with Crippen LogP contribution in [-0.4, -0.2) is 60.6 Å². The molecule has 1 heterocycles. The molecule has 0 aromatic rings. The van der Waals surface area contributed by atoms with E-state index in [0.717, 1.165) is 19.4 Å². The first-order valence-corrected chi connectivity index (χ1v) is 8.38. The van der Waals surface area contributed by atoms with E-state index in [9.17, 15) is 14.4 Å². The van der Waals surface area contributed by atoms with Crippen molar-refractivity contribution in [3.63, 3.8) is 0 Å². The average Bonchev–Trinajstić information content (AvgIpc) is 2.48. The van der Waals surface area contributed by atoms with Gasteiger partial charge in [0.25, 0.3) is 0 Å². The van der Waals surface area contributed by atoms with Gasteiger partial charge in [0.2, 0.25) is 11.8 Å². The summed E-state index contributed by atoms with van der Waals surface area (Å²) in [4.78, 5) is 36.9. The number of nitrogens with two attached hydrogens (primary N) is 1. The third-order valence-corrected chi connectivity index (χ3v) is 3.88. The molecule has 4 N–H and O–H groups in total. The van der Waals surface area contributed by atoms with Crippen LogP contribution in [0.3, 0.4) is 0 Å². The van der Waals surface area contributed by atoms with Crippen LogP contribution in [0.2, 0.25) is 0 Å². The number of ether oxygens (including phenoxy) is 1. The van der Waals surface area contributed by atoms with Crippen molar-refractivity contribution in [2.24, 2.45) is 11.7 Å². The van der Waals surface area contributed by atoms with Gasteiger partial charge >= 0.3 is 6.09 Å². The van der Waals surface area contributed by atoms with Gasteiger partial charge in [-0.05, 0) is 47.1 Å². The number of piperidine rings is 1. The third kappa shape index (κ3) is 7.16. The molecule has 0 bridgehead atoms. The Hall–Kier alpha value is -1.83. The van der Waals surface area contributed by atoms with Gasteiger partial charge in [0.1, 0.15) is 5.60 Å². The van der Waals surface area contributed by atoms with E-state index < -0.39 is 11.7 Å². The molecule has 2 unspecified atom stereocenters. The summed E-state index contributed by atoms with van der Waals surface area (Å²) in [5.74, 6) is -0.609. The Morgan fingerprint density at radius 3 is 2.46 bits per heavy atom. The zero-order valence-electron chi connectivity index (χ0n) is 15.1. The average molecular weight is 342 g/mol. The zero-order valence-corrected chi connectivity index (χ0v) is 15.1. The van der Waals surface area contributed by atoms with Crippen molar-refractivity contribution in [3.05, 3.63) is 0 Å². The molecule has 138 valence electrons. The fourth-order valence-electron chi connectivity index (χ4n) is 2.56. The van der Waals surface area contributed by atoms with Gasteiger partial charge in [-0.3, -0.25) is 14.5 Å². The predicted molar refractivity (Wildman–Crippen MR) is 90.2 cm³/mol. The molecule has 0 aromatic carbocycles. The number of alkyl carbamates (subject to hydrolysis) is 1. The smallest absolute Gasteiger partial charge is 0.407 e. The summed E-state index contributed by atoms with van der Waals surface area (Å²) in [6.07, 6.45) is 1.13. The highest BCUT2D eigenvalue weighted by Gasteiger charge is 2.29. The lowest BCUT2D eigenvalue weighted by molar-refractivity contribution is -0.129. The summed E-state index contributed by atoms with van der Waals surface area (Å²) in [6, 6.07) is -0.366. The molecule has 1 saturated heterocycles. The van der Waals surface area contributed by atoms with Crippen molar-refractivity contribution in [1.82, 2.24) is 15.5 Å². The van der Waals surface area contributed by atoms with Crippen molar-refractivity contribution < 1.29 is 19.1 Å². The number of hydrogen-bond donors (Lipinski definition) is 3. The van der Waals surface area contributed by atoms with Crippen LogP contribution in [-0.2, 0) is 14.3 Å². The molecule has 2 atom stereocenters. The number of rotatable bonds is 6. The molecule has 0 spiro atoms. The molecule has 1 aliphatic heterocycles. The summed E-state index contributed by atoms with van der Waals surface area (Å²) >= 11 is 0. The Morgan fingerprint density at radius 1 is 1.25 bits per heavy atom. The van der Waals surface area contributed by atoms with Crippen LogP contribution in [0.4, 0.5) is 4.79 Å². The monoisotopic (exact) mass is 342 g/mol. The van der Waals surface area contributed by atoms with Crippen LogP contribution in [0.15, 0.2) is 0 Å². The Balaban J connectivity index is 2.30. The summed E-state index contributed by atoms with van der Waals surface area (Å²) in [5, 5.41) is 5.40. The molecule has 24 heavy (non-hydrogen) atoms. The first-order chi connectivity index (χ1) is 11.1. The summed E-state index contributed by atoms with van der Waals surface area (Å²) in [7, 11) is 0. The fourth-order valence-corrected chi connectivity index (χ4v) is 2.56. The third-order valence-electron chi connectivity index (χ3n) is 3.88. The molecule has 1 aliphatic rings. The van der Waals surface area contributed by atoms with Gasteiger partial charge in [0, 0.05) is 19.6 Å². The van der Waals surface area contributed by atoms with Gasteiger partial charge in [-0.1, -0.05) is 0 Å². The second kappa shape index (κ2) is 8.86. The van der Waals surface area contributed by atoms with Crippen molar-refractivity contribution in [1.29, 1.82) is 0 Å². The summed E-state index contributed by atoms with van der Waals surface area (Å²) < 4.78 is 5.11. The van der Waals surface area contributed by atoms with Gasteiger partial charge in [-0.15, -0.1) is 0 Å². The van der Waals surface area contributed by atoms with E-state index in [-0.39, 0.29) is 23.8 Å². The maximum absolute atomic E-state index is 12.2. The van der Waals surface area contributed by atoms with Crippen LogP contribution >= 0.6 is 0 Å². The molecule has 1 fully saturated rings. The van der Waals surface area contributed by atoms with Gasteiger partial charge < -0.3 is 21.1 Å². The van der Waals surface area contributed by atoms with Crippen molar-refractivity contribution in [2.45, 2.75) is 52.2 Å². The van der Waals surface area contributed by atoms with E-state index in [1.807, 2.05) is 4.90 Å². The minimum Gasteiger partial charge on any atom is -0.444 e. The number of primary amides is 1. The maximum atomic E-state index is 12.2. The van der Waals surface area contributed by atoms with E-state index in [1.54, 1.807) is 27.7 Å². The maximum Gasteiger partial charge on any atom is 0.407 e. The zero-order chi connectivity index (χ0) is 18.3. The van der Waals surface area contributed by atoms with Crippen molar-refractivity contribution in [3.8, 4) is 0 Å². The molecular weight excluding hydrogens is 312 g/mol. The lowest BCUT2D eigenvalue weighted by atomic mass is 9.96. The van der Waals surface area contributed by atoms with Crippen LogP contribution in [0.5, 0.6) is 0 Å². The van der Waals surface area contributed by atoms with E-state index in [4.69, 9.17) is 10.5 Å². The van der Waals surface area contributed by atoms with Crippen LogP contribution in [0, 0.1) is 5.92 Å². The highest BCUT2D eigenvalue weighted by atomic mass is 16.6. The summed E-state index contributed by atoms with van der Waals surface area (Å²) in [5.41, 5.74) is 4.78. The Bertz CT molecular complexity index is 461. The van der Waals surface area contributed by atoms with E-state index >= 15 is 0 Å². The molecule has 8 heteroatoms. The lowest BCUT2D eigenvalue weighted by Crippen LogP contribution is -2.50. The molecule has 1 rings (SSSR count). The molecule has 0 saturated carbocycles. The van der Waals surface area contributed by atoms with Crippen LogP contribution < -0.4 is 16.4 Å². The van der Waals surface area contributed by atoms with Crippen LogP contribution in [0.1, 0.15) is 40.5 Å². The lowest BCUT2D eigenvalue weighted by Gasteiger charge is -2.34. The fraction of sp³-hybridized carbons (Fsp3) is 0.812. The standard InChI is InChI=1S/C16H30N4O4/c1-11(13(17)21)20-9-5-6-12(10-20)14(22)18-7-8-19-15(23)24-16(2,3)4/h11-12H,5-10H2,1-4H3,(H2,17,21)(H,18,22)(H,19,23). The Morgan fingerprint density at radius 2 is 1.88 bits per heavy atom. The van der Waals surface area contributed by atoms with Gasteiger partial charge in [0.05, 0.1) is 12.0 Å². The number of nitrogens with one attached hydrogen (secondary N) is 2. The highest BCUT2D eigenvalue weighted by molar-refractivity contribution is 5.80. The Labute approximate surface area is 143 Å². The van der Waals surface area contributed by atoms with E-state index in [1.165, 1.54) is 0 Å². The second-order valence-corrected chi connectivity index (χ2v) is 7.13. The van der Waals surface area contributed by atoms with Gasteiger partial charge in [-0.25, -0.2) is 4.79 Å². The number of hydrogen-bond acceptors (Lipinski definition) is 5. The number of carbonyl (C=O) groups is 3. The Kier molecular flexibility index (Phi) is 7.47. The molecule has 8 nitrogen and oxygen atoms in total. The topological polar surface area (TPSA) is 114 Å². The largest absolute Gasteiger partial charge is 0.444 e. The molecular formula is C16H30N4O4. The number of carbonyl (C=O) groups excluding carboxylic acids is 3. The summed E-state index contributed by atoms with van der Waals surface area (Å²) in [6.45, 7) is 9.05. The number of nitrogens with zero attached hydrogens (tertiary/aromatic N) is 1. The number of amides is 3. The SMILES string of the molecule is CC(C(N)=O)N1CCCC(C(=O)NCCNC(=O)OC(C)(C)C)C1. The molecule has 3 amide bonds. The molecule has 0 radical (unpaired) electrons. The minimum atomic E-state index is -0.546. The van der Waals surface area contributed by atoms with E-state index in [2.05, 4.69) is 10.6 Å². The minimum absolute atomic E-state index is 0.0673. The number of likely N-dealkylation sites (tertiary alicyclic amines) is 1. The van der Waals surface area contributed by atoms with Crippen molar-refractivity contribution in [2.75, 3.05) is 26.2 Å². The normalized spacial score (nSPS) is 20.1. The van der Waals surface area contributed by atoms with Crippen LogP contribution in [0.25, 0.3) is 0 Å². The quantitative estimate of drug-likeness (QED) is 0.597. The van der Waals surface area contributed by atoms with Gasteiger partial charge in [0.15, 0.2) is 0 Å². The predicted octanol–water partition coefficient (Wildman–Crippen LogP) is 0.213. The molecule has 0 aliphatic carbocycles. The van der Waals surface area contributed by atoms with Gasteiger partial charge in [-0.2, -0.15) is 0 Å². The first kappa shape index (κ1) is 20.2. The first-order valence-electron chi connectivity index (χ1n) is 8.38. The second-order valence-electron chi connectivity index (χ2n) is 7.13.